The van der Waals surface area contributed by atoms with E-state index in [2.05, 4.69) is 34.0 Å². The second kappa shape index (κ2) is 4.33. The molecule has 1 aromatic rings. The number of nitriles is 1. The number of hydrogen-bond donors (Lipinski definition) is 2. The van der Waals surface area contributed by atoms with Gasteiger partial charge in [0.1, 0.15) is 6.07 Å². The largest absolute Gasteiger partial charge is 0.397 e. The Kier molecular flexibility index (Phi) is 3.37. The lowest BCUT2D eigenvalue weighted by Gasteiger charge is -2.08. The van der Waals surface area contributed by atoms with E-state index in [1.54, 1.807) is 12.1 Å². The topological polar surface area (TPSA) is 61.8 Å². The average molecular weight is 287 g/mol. The molecular formula is C9H10IN3. The van der Waals surface area contributed by atoms with Gasteiger partial charge in [-0.3, -0.25) is 0 Å². The fraction of sp³-hybridized carbons (Fsp3) is 0.222. The van der Waals surface area contributed by atoms with Gasteiger partial charge in [-0.25, -0.2) is 0 Å². The summed E-state index contributed by atoms with van der Waals surface area (Å²) in [5.74, 6) is 0. The number of nitrogens with zero attached hydrogens (tertiary/aromatic N) is 1. The van der Waals surface area contributed by atoms with Crippen molar-refractivity contribution in [2.24, 2.45) is 0 Å². The van der Waals surface area contributed by atoms with E-state index in [0.717, 1.165) is 15.8 Å². The number of nitrogen functional groups attached to an aromatic ring is 1. The van der Waals surface area contributed by atoms with Crippen LogP contribution in [-0.4, -0.2) is 6.54 Å². The van der Waals surface area contributed by atoms with Gasteiger partial charge in [0.05, 0.1) is 16.9 Å². The minimum atomic E-state index is 0.658. The molecule has 3 N–H and O–H groups in total. The van der Waals surface area contributed by atoms with E-state index in [1.165, 1.54) is 0 Å². The molecule has 1 aromatic carbocycles. The van der Waals surface area contributed by atoms with E-state index in [-0.39, 0.29) is 0 Å². The normalized spacial score (nSPS) is 9.31. The molecule has 68 valence electrons. The van der Waals surface area contributed by atoms with Crippen LogP contribution < -0.4 is 11.1 Å². The quantitative estimate of drug-likeness (QED) is 0.647. The molecule has 0 amide bonds. The SMILES string of the molecule is CCNc1cc(C#N)c(I)cc1N. The number of anilines is 2. The third-order valence-corrected chi connectivity index (χ3v) is 2.52. The van der Waals surface area contributed by atoms with Crippen LogP contribution in [0.3, 0.4) is 0 Å². The Labute approximate surface area is 91.1 Å². The second-order valence-electron chi connectivity index (χ2n) is 2.56. The van der Waals surface area contributed by atoms with Crippen LogP contribution in [0.4, 0.5) is 11.4 Å². The second-order valence-corrected chi connectivity index (χ2v) is 3.72. The first-order chi connectivity index (χ1) is 6.19. The van der Waals surface area contributed by atoms with Gasteiger partial charge in [0.25, 0.3) is 0 Å². The fourth-order valence-electron chi connectivity index (χ4n) is 1.02. The number of hydrogen-bond acceptors (Lipinski definition) is 3. The summed E-state index contributed by atoms with van der Waals surface area (Å²) < 4.78 is 0.888. The standard InChI is InChI=1S/C9H10IN3/c1-2-13-9-3-6(5-11)7(10)4-8(9)12/h3-4,13H,2,12H2,1H3. The number of nitrogens with two attached hydrogens (primary N) is 1. The Bertz CT molecular complexity index is 355. The lowest BCUT2D eigenvalue weighted by Crippen LogP contribution is -2.02. The summed E-state index contributed by atoms with van der Waals surface area (Å²) in [6.07, 6.45) is 0. The Morgan fingerprint density at radius 3 is 2.85 bits per heavy atom. The van der Waals surface area contributed by atoms with Crippen LogP contribution in [0.5, 0.6) is 0 Å². The first-order valence-electron chi connectivity index (χ1n) is 3.92. The number of rotatable bonds is 2. The van der Waals surface area contributed by atoms with Crippen LogP contribution in [-0.2, 0) is 0 Å². The van der Waals surface area contributed by atoms with E-state index < -0.39 is 0 Å². The zero-order chi connectivity index (χ0) is 9.84. The van der Waals surface area contributed by atoms with Crippen molar-refractivity contribution >= 4 is 34.0 Å². The lowest BCUT2D eigenvalue weighted by molar-refractivity contribution is 1.21. The van der Waals surface area contributed by atoms with Gasteiger partial charge in [0.15, 0.2) is 0 Å². The van der Waals surface area contributed by atoms with E-state index in [4.69, 9.17) is 11.0 Å². The Hall–Kier alpha value is -0.960. The van der Waals surface area contributed by atoms with Gasteiger partial charge in [-0.15, -0.1) is 0 Å². The highest BCUT2D eigenvalue weighted by Gasteiger charge is 2.04. The van der Waals surface area contributed by atoms with E-state index in [0.29, 0.717) is 11.3 Å². The molecule has 4 heteroatoms. The molecule has 0 heterocycles. The van der Waals surface area contributed by atoms with Crippen LogP contribution in [0.2, 0.25) is 0 Å². The summed E-state index contributed by atoms with van der Waals surface area (Å²) in [4.78, 5) is 0. The fourth-order valence-corrected chi connectivity index (χ4v) is 1.63. The van der Waals surface area contributed by atoms with Crippen molar-refractivity contribution < 1.29 is 0 Å². The summed E-state index contributed by atoms with van der Waals surface area (Å²) in [5.41, 5.74) is 7.93. The van der Waals surface area contributed by atoms with Gasteiger partial charge >= 0.3 is 0 Å². The lowest BCUT2D eigenvalue weighted by atomic mass is 10.2. The maximum Gasteiger partial charge on any atom is 0.100 e. The van der Waals surface area contributed by atoms with E-state index in [9.17, 15) is 0 Å². The Morgan fingerprint density at radius 1 is 1.62 bits per heavy atom. The van der Waals surface area contributed by atoms with Crippen molar-refractivity contribution in [1.29, 1.82) is 5.26 Å². The molecule has 0 saturated carbocycles. The Balaban J connectivity index is 3.16. The first-order valence-corrected chi connectivity index (χ1v) is 5.00. The minimum Gasteiger partial charge on any atom is -0.397 e. The molecule has 0 aliphatic heterocycles. The van der Waals surface area contributed by atoms with Crippen molar-refractivity contribution in [2.45, 2.75) is 6.92 Å². The van der Waals surface area contributed by atoms with Crippen LogP contribution in [0.15, 0.2) is 12.1 Å². The molecule has 3 nitrogen and oxygen atoms in total. The van der Waals surface area contributed by atoms with Gasteiger partial charge < -0.3 is 11.1 Å². The van der Waals surface area contributed by atoms with Gasteiger partial charge in [0, 0.05) is 10.1 Å². The first kappa shape index (κ1) is 10.1. The molecule has 0 radical (unpaired) electrons. The van der Waals surface area contributed by atoms with E-state index >= 15 is 0 Å². The molecule has 0 aliphatic carbocycles. The smallest absolute Gasteiger partial charge is 0.100 e. The molecule has 0 aromatic heterocycles. The number of halogens is 1. The molecule has 0 atom stereocenters. The summed E-state index contributed by atoms with van der Waals surface area (Å²) in [6, 6.07) is 5.70. The van der Waals surface area contributed by atoms with Crippen LogP contribution in [0, 0.1) is 14.9 Å². The highest BCUT2D eigenvalue weighted by atomic mass is 127. The maximum atomic E-state index is 8.78. The molecule has 0 saturated heterocycles. The highest BCUT2D eigenvalue weighted by Crippen LogP contribution is 2.24. The minimum absolute atomic E-state index is 0.658. The summed E-state index contributed by atoms with van der Waals surface area (Å²) in [5, 5.41) is 11.9. The van der Waals surface area contributed by atoms with Gasteiger partial charge in [0.2, 0.25) is 0 Å². The molecule has 0 spiro atoms. The maximum absolute atomic E-state index is 8.78. The summed E-state index contributed by atoms with van der Waals surface area (Å²) >= 11 is 2.10. The number of nitrogens with one attached hydrogen (secondary N) is 1. The highest BCUT2D eigenvalue weighted by molar-refractivity contribution is 14.1. The van der Waals surface area contributed by atoms with Crippen molar-refractivity contribution in [1.82, 2.24) is 0 Å². The zero-order valence-electron chi connectivity index (χ0n) is 7.26. The van der Waals surface area contributed by atoms with Crippen molar-refractivity contribution in [3.63, 3.8) is 0 Å². The molecule has 0 bridgehead atoms. The Morgan fingerprint density at radius 2 is 2.31 bits per heavy atom. The molecule has 0 unspecified atom stereocenters. The van der Waals surface area contributed by atoms with Gasteiger partial charge in [-0.2, -0.15) is 5.26 Å². The summed E-state index contributed by atoms with van der Waals surface area (Å²) in [7, 11) is 0. The van der Waals surface area contributed by atoms with Crippen LogP contribution in [0.1, 0.15) is 12.5 Å². The molecule has 0 fully saturated rings. The van der Waals surface area contributed by atoms with Gasteiger partial charge in [-0.1, -0.05) is 0 Å². The van der Waals surface area contributed by atoms with Crippen molar-refractivity contribution in [2.75, 3.05) is 17.6 Å². The number of benzene rings is 1. The van der Waals surface area contributed by atoms with Gasteiger partial charge in [-0.05, 0) is 41.6 Å². The van der Waals surface area contributed by atoms with Crippen LogP contribution in [0.25, 0.3) is 0 Å². The average Bonchev–Trinajstić information content (AvgIpc) is 2.10. The zero-order valence-corrected chi connectivity index (χ0v) is 9.42. The monoisotopic (exact) mass is 287 g/mol. The molecular weight excluding hydrogens is 277 g/mol. The van der Waals surface area contributed by atoms with Crippen LogP contribution >= 0.6 is 22.6 Å². The third kappa shape index (κ3) is 2.25. The third-order valence-electron chi connectivity index (χ3n) is 1.63. The van der Waals surface area contributed by atoms with E-state index in [1.807, 2.05) is 6.92 Å². The predicted octanol–water partition coefficient (Wildman–Crippen LogP) is 2.18. The summed E-state index contributed by atoms with van der Waals surface area (Å²) in [6.45, 7) is 2.79. The molecule has 13 heavy (non-hydrogen) atoms. The molecule has 1 rings (SSSR count). The molecule has 0 aliphatic rings. The predicted molar refractivity (Wildman–Crippen MR) is 62.5 cm³/mol. The van der Waals surface area contributed by atoms with Crippen molar-refractivity contribution in [3.05, 3.63) is 21.3 Å². The van der Waals surface area contributed by atoms with Crippen molar-refractivity contribution in [3.8, 4) is 6.07 Å².